The predicted octanol–water partition coefficient (Wildman–Crippen LogP) is 1.04. The zero-order valence-corrected chi connectivity index (χ0v) is 13.6. The molecule has 1 aliphatic rings. The van der Waals surface area contributed by atoms with Crippen LogP contribution in [0.2, 0.25) is 0 Å². The molecule has 7 nitrogen and oxygen atoms in total. The Morgan fingerprint density at radius 1 is 1.59 bits per heavy atom. The second-order valence-corrected chi connectivity index (χ2v) is 6.04. The van der Waals surface area contributed by atoms with Crippen LogP contribution in [0.5, 0.6) is 0 Å². The highest BCUT2D eigenvalue weighted by molar-refractivity contribution is 7.13. The fourth-order valence-electron chi connectivity index (χ4n) is 2.25. The SMILES string of the molecule is COCC(=O)N(CC(=O)Nc1nc(C)cs1)C[C@@H]1CCCO1. The smallest absolute Gasteiger partial charge is 0.249 e. The van der Waals surface area contributed by atoms with Gasteiger partial charge in [-0.3, -0.25) is 9.59 Å². The lowest BCUT2D eigenvalue weighted by Gasteiger charge is -2.24. The molecule has 2 heterocycles. The van der Waals surface area contributed by atoms with E-state index in [2.05, 4.69) is 10.3 Å². The third-order valence-corrected chi connectivity index (χ3v) is 4.14. The topological polar surface area (TPSA) is 80.8 Å². The van der Waals surface area contributed by atoms with E-state index in [0.29, 0.717) is 18.3 Å². The summed E-state index contributed by atoms with van der Waals surface area (Å²) in [4.78, 5) is 29.8. The number of carbonyl (C=O) groups is 2. The number of nitrogens with zero attached hydrogens (tertiary/aromatic N) is 2. The van der Waals surface area contributed by atoms with Crippen molar-refractivity contribution < 1.29 is 19.1 Å². The standard InChI is InChI=1S/C14H21N3O4S/c1-10-9-22-14(15-10)16-12(18)7-17(13(19)8-20-2)6-11-4-3-5-21-11/h9,11H,3-8H2,1-2H3,(H,15,16,18)/t11-/m0/s1. The second kappa shape index (κ2) is 8.21. The Bertz CT molecular complexity index is 514. The minimum Gasteiger partial charge on any atom is -0.376 e. The summed E-state index contributed by atoms with van der Waals surface area (Å²) in [6.45, 7) is 2.91. The van der Waals surface area contributed by atoms with Crippen LogP contribution in [-0.2, 0) is 19.1 Å². The molecule has 122 valence electrons. The predicted molar refractivity (Wildman–Crippen MR) is 82.9 cm³/mol. The summed E-state index contributed by atoms with van der Waals surface area (Å²) in [5.74, 6) is -0.486. The highest BCUT2D eigenvalue weighted by atomic mass is 32.1. The summed E-state index contributed by atoms with van der Waals surface area (Å²) in [5, 5.41) is 5.11. The van der Waals surface area contributed by atoms with Gasteiger partial charge in [-0.1, -0.05) is 0 Å². The van der Waals surface area contributed by atoms with Crippen molar-refractivity contribution in [3.63, 3.8) is 0 Å². The van der Waals surface area contributed by atoms with E-state index in [1.165, 1.54) is 23.3 Å². The number of hydrogen-bond acceptors (Lipinski definition) is 6. The number of aromatic nitrogens is 1. The summed E-state index contributed by atoms with van der Waals surface area (Å²) in [5.41, 5.74) is 0.854. The Labute approximate surface area is 133 Å². The van der Waals surface area contributed by atoms with Gasteiger partial charge in [-0.25, -0.2) is 4.98 Å². The van der Waals surface area contributed by atoms with Crippen molar-refractivity contribution in [3.8, 4) is 0 Å². The lowest BCUT2D eigenvalue weighted by molar-refractivity contribution is -0.139. The molecule has 0 bridgehead atoms. The first-order chi connectivity index (χ1) is 10.6. The molecule has 1 aliphatic heterocycles. The third-order valence-electron chi connectivity index (χ3n) is 3.27. The van der Waals surface area contributed by atoms with Crippen LogP contribution in [0.3, 0.4) is 0 Å². The largest absolute Gasteiger partial charge is 0.376 e. The van der Waals surface area contributed by atoms with Gasteiger partial charge in [0.25, 0.3) is 0 Å². The minimum atomic E-state index is -0.267. The number of aryl methyl sites for hydroxylation is 1. The number of hydrogen-bond donors (Lipinski definition) is 1. The van der Waals surface area contributed by atoms with Crippen molar-refractivity contribution in [2.24, 2.45) is 0 Å². The molecule has 22 heavy (non-hydrogen) atoms. The zero-order valence-electron chi connectivity index (χ0n) is 12.8. The van der Waals surface area contributed by atoms with Crippen LogP contribution in [0.1, 0.15) is 18.5 Å². The van der Waals surface area contributed by atoms with E-state index in [0.717, 1.165) is 18.5 Å². The van der Waals surface area contributed by atoms with Crippen molar-refractivity contribution in [2.45, 2.75) is 25.9 Å². The van der Waals surface area contributed by atoms with Gasteiger partial charge in [-0.2, -0.15) is 0 Å². The normalized spacial score (nSPS) is 17.5. The lowest BCUT2D eigenvalue weighted by atomic mass is 10.2. The van der Waals surface area contributed by atoms with Crippen molar-refractivity contribution >= 4 is 28.3 Å². The van der Waals surface area contributed by atoms with E-state index in [-0.39, 0.29) is 31.1 Å². The fourth-order valence-corrected chi connectivity index (χ4v) is 2.95. The average molecular weight is 327 g/mol. The third kappa shape index (κ3) is 5.04. The quantitative estimate of drug-likeness (QED) is 0.809. The van der Waals surface area contributed by atoms with Gasteiger partial charge in [0.1, 0.15) is 13.2 Å². The molecule has 2 amide bonds. The maximum absolute atomic E-state index is 12.1. The molecule has 8 heteroatoms. The van der Waals surface area contributed by atoms with E-state index in [1.54, 1.807) is 0 Å². The molecule has 1 saturated heterocycles. The van der Waals surface area contributed by atoms with Gasteiger partial charge in [-0.05, 0) is 19.8 Å². The highest BCUT2D eigenvalue weighted by Crippen LogP contribution is 2.15. The summed E-state index contributed by atoms with van der Waals surface area (Å²) < 4.78 is 10.4. The van der Waals surface area contributed by atoms with Crippen molar-refractivity contribution in [1.29, 1.82) is 0 Å². The summed E-state index contributed by atoms with van der Waals surface area (Å²) in [7, 11) is 1.46. The van der Waals surface area contributed by atoms with E-state index in [9.17, 15) is 9.59 Å². The van der Waals surface area contributed by atoms with Gasteiger partial charge < -0.3 is 19.7 Å². The number of anilines is 1. The fraction of sp³-hybridized carbons (Fsp3) is 0.643. The number of thiazole rings is 1. The van der Waals surface area contributed by atoms with Crippen LogP contribution in [-0.4, -0.2) is 61.2 Å². The van der Waals surface area contributed by atoms with Gasteiger partial charge >= 0.3 is 0 Å². The zero-order chi connectivity index (χ0) is 15.9. The van der Waals surface area contributed by atoms with Gasteiger partial charge in [0.05, 0.1) is 11.8 Å². The second-order valence-electron chi connectivity index (χ2n) is 5.18. The molecule has 2 rings (SSSR count). The first-order valence-corrected chi connectivity index (χ1v) is 8.06. The van der Waals surface area contributed by atoms with Crippen LogP contribution in [0.25, 0.3) is 0 Å². The highest BCUT2D eigenvalue weighted by Gasteiger charge is 2.24. The van der Waals surface area contributed by atoms with Crippen molar-refractivity contribution in [3.05, 3.63) is 11.1 Å². The monoisotopic (exact) mass is 327 g/mol. The Morgan fingerprint density at radius 2 is 2.41 bits per heavy atom. The van der Waals surface area contributed by atoms with E-state index in [4.69, 9.17) is 9.47 Å². The van der Waals surface area contributed by atoms with Crippen molar-refractivity contribution in [2.75, 3.05) is 38.7 Å². The van der Waals surface area contributed by atoms with E-state index >= 15 is 0 Å². The summed E-state index contributed by atoms with van der Waals surface area (Å²) in [6, 6.07) is 0. The number of ether oxygens (including phenoxy) is 2. The van der Waals surface area contributed by atoms with E-state index in [1.807, 2.05) is 12.3 Å². The van der Waals surface area contributed by atoms with Crippen molar-refractivity contribution in [1.82, 2.24) is 9.88 Å². The molecule has 1 aromatic heterocycles. The molecule has 0 unspecified atom stereocenters. The number of rotatable bonds is 7. The summed E-state index contributed by atoms with van der Waals surface area (Å²) in [6.07, 6.45) is 1.89. The van der Waals surface area contributed by atoms with Gasteiger partial charge in [0, 0.05) is 25.6 Å². The molecule has 0 spiro atoms. The number of amides is 2. The molecule has 1 fully saturated rings. The minimum absolute atomic E-state index is 0.00397. The summed E-state index contributed by atoms with van der Waals surface area (Å²) >= 11 is 1.36. The Morgan fingerprint density at radius 3 is 3.00 bits per heavy atom. The van der Waals surface area contributed by atoms with Crippen LogP contribution in [0.15, 0.2) is 5.38 Å². The molecule has 0 aromatic carbocycles. The first kappa shape index (κ1) is 16.9. The van der Waals surface area contributed by atoms with Gasteiger partial charge in [-0.15, -0.1) is 11.3 Å². The van der Waals surface area contributed by atoms with E-state index < -0.39 is 0 Å². The van der Waals surface area contributed by atoms with Crippen LogP contribution in [0, 0.1) is 6.92 Å². The Balaban J connectivity index is 1.91. The maximum atomic E-state index is 12.1. The maximum Gasteiger partial charge on any atom is 0.249 e. The molecular formula is C14H21N3O4S. The molecular weight excluding hydrogens is 306 g/mol. The van der Waals surface area contributed by atoms with Crippen LogP contribution < -0.4 is 5.32 Å². The Hall–Kier alpha value is -1.51. The van der Waals surface area contributed by atoms with Crippen LogP contribution >= 0.6 is 11.3 Å². The Kier molecular flexibility index (Phi) is 6.29. The average Bonchev–Trinajstić information content (AvgIpc) is 3.10. The number of nitrogens with one attached hydrogen (secondary N) is 1. The molecule has 1 atom stereocenters. The number of methoxy groups -OCH3 is 1. The number of carbonyl (C=O) groups excluding carboxylic acids is 2. The molecule has 1 aromatic rings. The molecule has 0 aliphatic carbocycles. The van der Waals surface area contributed by atoms with Gasteiger partial charge in [0.15, 0.2) is 5.13 Å². The first-order valence-electron chi connectivity index (χ1n) is 7.18. The molecule has 0 saturated carbocycles. The van der Waals surface area contributed by atoms with Gasteiger partial charge in [0.2, 0.25) is 11.8 Å². The lowest BCUT2D eigenvalue weighted by Crippen LogP contribution is -2.43. The van der Waals surface area contributed by atoms with Crippen LogP contribution in [0.4, 0.5) is 5.13 Å². The molecule has 1 N–H and O–H groups in total. The molecule has 0 radical (unpaired) electrons.